The summed E-state index contributed by atoms with van der Waals surface area (Å²) in [7, 11) is 0. The van der Waals surface area contributed by atoms with Crippen molar-refractivity contribution in [3.05, 3.63) is 102 Å². The summed E-state index contributed by atoms with van der Waals surface area (Å²) in [6.07, 6.45) is 3.62. The number of fused-ring (bicyclic) bond motifs is 1. The fourth-order valence-electron chi connectivity index (χ4n) is 3.71. The Bertz CT molecular complexity index is 1410. The van der Waals surface area contributed by atoms with Crippen LogP contribution in [0.15, 0.2) is 85.1 Å². The minimum Gasteiger partial charge on any atom is -0.362 e. The fourth-order valence-corrected chi connectivity index (χ4v) is 3.71. The normalized spacial score (nSPS) is 13.3. The Balaban J connectivity index is 1.28. The first-order valence-corrected chi connectivity index (χ1v) is 10.5. The fraction of sp³-hybridized carbons (Fsp3) is 0. The Kier molecular flexibility index (Phi) is 5.53. The second-order valence-corrected chi connectivity index (χ2v) is 7.69. The number of urea groups is 1. The van der Waals surface area contributed by atoms with Crippen LogP contribution in [0, 0.1) is 5.82 Å². The Morgan fingerprint density at radius 3 is 2.32 bits per heavy atom. The third-order valence-electron chi connectivity index (χ3n) is 5.22. The summed E-state index contributed by atoms with van der Waals surface area (Å²) in [6.45, 7) is 0. The van der Waals surface area contributed by atoms with E-state index in [4.69, 9.17) is 0 Å². The maximum absolute atomic E-state index is 13.3. The first-order valence-electron chi connectivity index (χ1n) is 10.5. The molecule has 1 aromatic heterocycles. The number of anilines is 5. The summed E-state index contributed by atoms with van der Waals surface area (Å²) in [5, 5.41) is 11.5. The number of nitrogens with one attached hydrogen (secondary N) is 5. The molecule has 8 heteroatoms. The molecule has 0 aliphatic carbocycles. The standard InChI is InChI=1S/C26H20FN5O2/c27-16-4-1-5-18(12-16)30-26(34)31-20-7-2-6-19(13-20)29-21-9-10-22-23(14-17-8-3-11-28-17)25(33)32-24(22)15-21/h1-15,28-29H,(H,32,33)(H2,30,31,34)/b23-14+. The number of halogens is 1. The van der Waals surface area contributed by atoms with Crippen LogP contribution in [-0.2, 0) is 4.79 Å². The first-order chi connectivity index (χ1) is 16.5. The average molecular weight is 453 g/mol. The van der Waals surface area contributed by atoms with Crippen molar-refractivity contribution in [1.82, 2.24) is 4.98 Å². The van der Waals surface area contributed by atoms with Crippen LogP contribution in [0.1, 0.15) is 11.3 Å². The van der Waals surface area contributed by atoms with E-state index in [-0.39, 0.29) is 5.91 Å². The molecule has 0 atom stereocenters. The van der Waals surface area contributed by atoms with Gasteiger partial charge in [0.05, 0.1) is 11.3 Å². The monoisotopic (exact) mass is 453 g/mol. The third-order valence-corrected chi connectivity index (χ3v) is 5.22. The Hall–Kier alpha value is -4.85. The van der Waals surface area contributed by atoms with Gasteiger partial charge in [0.2, 0.25) is 0 Å². The second-order valence-electron chi connectivity index (χ2n) is 7.69. The summed E-state index contributed by atoms with van der Waals surface area (Å²) < 4.78 is 13.3. The van der Waals surface area contributed by atoms with Gasteiger partial charge in [-0.05, 0) is 66.7 Å². The van der Waals surface area contributed by atoms with Crippen LogP contribution in [0.4, 0.5) is 37.6 Å². The number of benzene rings is 3. The van der Waals surface area contributed by atoms with Crippen LogP contribution in [-0.4, -0.2) is 16.9 Å². The van der Waals surface area contributed by atoms with E-state index in [1.165, 1.54) is 18.2 Å². The van der Waals surface area contributed by atoms with Crippen molar-refractivity contribution in [1.29, 1.82) is 0 Å². The van der Waals surface area contributed by atoms with Crippen LogP contribution in [0.5, 0.6) is 0 Å². The highest BCUT2D eigenvalue weighted by molar-refractivity contribution is 6.35. The summed E-state index contributed by atoms with van der Waals surface area (Å²) >= 11 is 0. The van der Waals surface area contributed by atoms with E-state index < -0.39 is 11.8 Å². The van der Waals surface area contributed by atoms with Crippen molar-refractivity contribution in [3.63, 3.8) is 0 Å². The number of hydrogen-bond acceptors (Lipinski definition) is 3. The predicted molar refractivity (Wildman–Crippen MR) is 133 cm³/mol. The number of aromatic nitrogens is 1. The van der Waals surface area contributed by atoms with Crippen molar-refractivity contribution in [2.24, 2.45) is 0 Å². The highest BCUT2D eigenvalue weighted by atomic mass is 19.1. The molecule has 0 unspecified atom stereocenters. The highest BCUT2D eigenvalue weighted by Gasteiger charge is 2.24. The van der Waals surface area contributed by atoms with Gasteiger partial charge in [-0.25, -0.2) is 9.18 Å². The van der Waals surface area contributed by atoms with Gasteiger partial charge in [0.25, 0.3) is 5.91 Å². The molecule has 0 saturated heterocycles. The number of carbonyl (C=O) groups excluding carboxylic acids is 2. The molecule has 1 aliphatic heterocycles. The molecule has 0 radical (unpaired) electrons. The van der Waals surface area contributed by atoms with E-state index in [0.29, 0.717) is 16.9 Å². The van der Waals surface area contributed by atoms with E-state index in [1.54, 1.807) is 30.5 Å². The molecular formula is C26H20FN5O2. The molecule has 5 rings (SSSR count). The van der Waals surface area contributed by atoms with Gasteiger partial charge in [0.15, 0.2) is 0 Å². The average Bonchev–Trinajstić information content (AvgIpc) is 3.42. The zero-order chi connectivity index (χ0) is 23.5. The van der Waals surface area contributed by atoms with Crippen molar-refractivity contribution in [2.45, 2.75) is 0 Å². The quantitative estimate of drug-likeness (QED) is 0.239. The van der Waals surface area contributed by atoms with E-state index in [1.807, 2.05) is 42.5 Å². The van der Waals surface area contributed by atoms with Gasteiger partial charge >= 0.3 is 6.03 Å². The first kappa shape index (κ1) is 21.0. The van der Waals surface area contributed by atoms with E-state index in [9.17, 15) is 14.0 Å². The number of amides is 3. The number of hydrogen-bond donors (Lipinski definition) is 5. The second kappa shape index (κ2) is 8.95. The van der Waals surface area contributed by atoms with Gasteiger partial charge in [0.1, 0.15) is 5.82 Å². The van der Waals surface area contributed by atoms with Gasteiger partial charge in [-0.1, -0.05) is 18.2 Å². The smallest absolute Gasteiger partial charge is 0.323 e. The van der Waals surface area contributed by atoms with Crippen molar-refractivity contribution < 1.29 is 14.0 Å². The maximum atomic E-state index is 13.3. The summed E-state index contributed by atoms with van der Waals surface area (Å²) in [4.78, 5) is 27.8. The van der Waals surface area contributed by atoms with Gasteiger partial charge in [-0.15, -0.1) is 0 Å². The lowest BCUT2D eigenvalue weighted by Gasteiger charge is -2.11. The molecule has 7 nitrogen and oxygen atoms in total. The molecule has 1 aliphatic rings. The van der Waals surface area contributed by atoms with Gasteiger partial charge in [-0.3, -0.25) is 4.79 Å². The van der Waals surface area contributed by atoms with Gasteiger partial charge in [-0.2, -0.15) is 0 Å². The minimum atomic E-state index is -0.482. The van der Waals surface area contributed by atoms with Crippen LogP contribution in [0.2, 0.25) is 0 Å². The summed E-state index contributed by atoms with van der Waals surface area (Å²) in [5.74, 6) is -0.585. The van der Waals surface area contributed by atoms with Crippen molar-refractivity contribution in [2.75, 3.05) is 21.3 Å². The predicted octanol–water partition coefficient (Wildman–Crippen LogP) is 6.03. The lowest BCUT2D eigenvalue weighted by molar-refractivity contribution is -0.110. The molecule has 2 heterocycles. The molecule has 5 N–H and O–H groups in total. The van der Waals surface area contributed by atoms with E-state index >= 15 is 0 Å². The Labute approximate surface area is 194 Å². The minimum absolute atomic E-state index is 0.155. The highest BCUT2D eigenvalue weighted by Crippen LogP contribution is 2.35. The molecule has 3 amide bonds. The molecule has 4 aromatic rings. The van der Waals surface area contributed by atoms with Crippen LogP contribution in [0.25, 0.3) is 11.6 Å². The van der Waals surface area contributed by atoms with E-state index in [2.05, 4.69) is 26.3 Å². The van der Waals surface area contributed by atoms with E-state index in [0.717, 1.165) is 28.3 Å². The Morgan fingerprint density at radius 1 is 0.824 bits per heavy atom. The summed E-state index contributed by atoms with van der Waals surface area (Å²) in [5.41, 5.74) is 5.44. The lowest BCUT2D eigenvalue weighted by atomic mass is 10.1. The van der Waals surface area contributed by atoms with Crippen LogP contribution in [0.3, 0.4) is 0 Å². The zero-order valence-corrected chi connectivity index (χ0v) is 17.9. The SMILES string of the molecule is O=C(Nc1cccc(F)c1)Nc1cccc(Nc2ccc3c(c2)NC(=O)/C3=C/c2ccc[nH]2)c1. The molecule has 0 bridgehead atoms. The van der Waals surface area contributed by atoms with Gasteiger partial charge < -0.3 is 26.3 Å². The molecular weight excluding hydrogens is 433 g/mol. The zero-order valence-electron chi connectivity index (χ0n) is 17.9. The maximum Gasteiger partial charge on any atom is 0.323 e. The molecule has 3 aromatic carbocycles. The Morgan fingerprint density at radius 2 is 1.56 bits per heavy atom. The third kappa shape index (κ3) is 4.66. The van der Waals surface area contributed by atoms with Crippen molar-refractivity contribution in [3.8, 4) is 0 Å². The van der Waals surface area contributed by atoms with Crippen LogP contribution < -0.4 is 21.3 Å². The van der Waals surface area contributed by atoms with Crippen LogP contribution >= 0.6 is 0 Å². The largest absolute Gasteiger partial charge is 0.362 e. The molecule has 0 saturated carbocycles. The van der Waals surface area contributed by atoms with Crippen molar-refractivity contribution >= 4 is 52.0 Å². The number of H-pyrrole nitrogens is 1. The topological polar surface area (TPSA) is 98.0 Å². The number of rotatable bonds is 5. The number of aromatic amines is 1. The molecule has 168 valence electrons. The molecule has 0 fully saturated rings. The lowest BCUT2D eigenvalue weighted by Crippen LogP contribution is -2.19. The number of carbonyl (C=O) groups is 2. The van der Waals surface area contributed by atoms with Gasteiger partial charge in [0, 0.05) is 40.2 Å². The summed E-state index contributed by atoms with van der Waals surface area (Å²) in [6, 6.07) is 21.8. The molecule has 34 heavy (non-hydrogen) atoms. The molecule has 0 spiro atoms.